The number of aromatic nitrogens is 6. The van der Waals surface area contributed by atoms with Gasteiger partial charge < -0.3 is 52.1 Å². The number of rotatable bonds is 16. The summed E-state index contributed by atoms with van der Waals surface area (Å²) in [5.74, 6) is 0.611. The molecule has 741 valence electrons. The van der Waals surface area contributed by atoms with Gasteiger partial charge in [0.25, 0.3) is 0 Å². The maximum Gasteiger partial charge on any atom is 1.00 e. The number of nitrogens with one attached hydrogen (secondary N) is 3. The number of benzene rings is 6. The van der Waals surface area contributed by atoms with Crippen LogP contribution in [-0.4, -0.2) is 164 Å². The number of hydrogen-bond acceptors (Lipinski definition) is 24. The van der Waals surface area contributed by atoms with Crippen molar-refractivity contribution in [2.24, 2.45) is 0 Å². The predicted octanol–water partition coefficient (Wildman–Crippen LogP) is 17.8. The molecule has 3 radical (unpaired) electrons. The van der Waals surface area contributed by atoms with Gasteiger partial charge in [0.2, 0.25) is 17.7 Å². The van der Waals surface area contributed by atoms with Crippen molar-refractivity contribution in [1.29, 1.82) is 0 Å². The van der Waals surface area contributed by atoms with Crippen LogP contribution in [0.1, 0.15) is 118 Å². The number of hydrogen-bond donors (Lipinski definition) is 5. The number of para-hydroxylation sites is 6. The number of aliphatic carboxylic acids is 1. The van der Waals surface area contributed by atoms with Gasteiger partial charge in [-0.05, 0) is 215 Å². The molecule has 6 aliphatic rings. The van der Waals surface area contributed by atoms with Crippen molar-refractivity contribution in [3.63, 3.8) is 0 Å². The van der Waals surface area contributed by atoms with Crippen LogP contribution in [0.2, 0.25) is 20.2 Å². The maximum atomic E-state index is 12.6. The Bertz CT molecular complexity index is 5750. The Labute approximate surface area is 1000 Å². The van der Waals surface area contributed by atoms with Gasteiger partial charge in [-0.3, -0.25) is 43.7 Å². The van der Waals surface area contributed by atoms with Gasteiger partial charge in [0, 0.05) is 205 Å². The van der Waals surface area contributed by atoms with Crippen molar-refractivity contribution in [3.05, 3.63) is 323 Å². The minimum absolute atomic E-state index is 0. The van der Waals surface area contributed by atoms with Crippen LogP contribution >= 0.6 is 118 Å². The smallest absolute Gasteiger partial charge is 1.00 e. The summed E-state index contributed by atoms with van der Waals surface area (Å²) >= 11 is 33.6. The number of thioether (sulfide) groups is 5. The van der Waals surface area contributed by atoms with Crippen LogP contribution in [0.25, 0.3) is 0 Å². The van der Waals surface area contributed by atoms with Crippen molar-refractivity contribution in [2.75, 3.05) is 119 Å². The number of halogens is 4. The average Bonchev–Trinajstić information content (AvgIpc) is 0.798. The van der Waals surface area contributed by atoms with Crippen LogP contribution < -0.4 is 79.1 Å². The summed E-state index contributed by atoms with van der Waals surface area (Å²) in [6, 6.07) is 65.1. The van der Waals surface area contributed by atoms with E-state index in [9.17, 15) is 28.8 Å². The van der Waals surface area contributed by atoms with Crippen molar-refractivity contribution < 1.29 is 197 Å². The molecule has 0 aliphatic carbocycles. The SMILES string of the molecule is COC(=O)CS.COC(=O)CSc1[c-]cc(C)cn1.Cc1c[c-]c(Cl)nc1.Cc1c[c-]c(SCC(=O)O)nc1.Cc1cccc2c1N(C(=O)CSc1ccc(Cl)cn1)CCC2.Cc1cccc2c1N(C(=O)CSc1ncccc1Cl)CCC2.Cc1cccc2c1NCCC2.Cc1cccc2c1NCCC2.Cc1cccc2c1NCCC2.O=C(CSc1ccc(Cl)cn1)N1CCCc2ccccc21.[H-].[Li+].[Na+].[OH-].[Y].[Y].[Y]. The van der Waals surface area contributed by atoms with Crippen molar-refractivity contribution >= 4 is 188 Å². The van der Waals surface area contributed by atoms with E-state index < -0.39 is 5.97 Å². The summed E-state index contributed by atoms with van der Waals surface area (Å²) < 4.78 is 8.68. The number of carboxylic acid groups (broad SMARTS) is 1. The number of carbonyl (C=O) groups is 6. The molecular weight excluding hydrogens is 2230 g/mol. The van der Waals surface area contributed by atoms with Crippen LogP contribution in [0.3, 0.4) is 0 Å². The number of ether oxygens (including phenoxy) is 2. The van der Waals surface area contributed by atoms with E-state index in [4.69, 9.17) is 51.5 Å². The summed E-state index contributed by atoms with van der Waals surface area (Å²) in [7, 11) is 2.70. The number of amides is 3. The number of nitrogens with zero attached hydrogens (tertiary/aromatic N) is 9. The quantitative estimate of drug-likeness (QED) is 0.0150. The topological polar surface area (TPSA) is 294 Å². The Kier molecular flexibility index (Phi) is 67.1. The first-order valence-corrected chi connectivity index (χ1v) is 52.0. The molecule has 3 amide bonds. The second-order valence-corrected chi connectivity index (χ2v) is 38.8. The Morgan fingerprint density at radius 3 is 1.16 bits per heavy atom. The van der Waals surface area contributed by atoms with E-state index in [-0.39, 0.29) is 200 Å². The Morgan fingerprint density at radius 2 is 0.790 bits per heavy atom. The molecule has 6 aromatic heterocycles. The van der Waals surface area contributed by atoms with Gasteiger partial charge in [-0.15, -0.1) is 44.3 Å². The summed E-state index contributed by atoms with van der Waals surface area (Å²) in [5, 5.41) is 24.6. The second-order valence-electron chi connectivity index (χ2n) is 32.0. The number of fused-ring (bicyclic) bond motifs is 6. The van der Waals surface area contributed by atoms with E-state index in [2.05, 4.69) is 218 Å². The molecule has 0 spiro atoms. The molecule has 0 atom stereocenters. The van der Waals surface area contributed by atoms with E-state index in [0.29, 0.717) is 47.5 Å². The fraction of sp³-hybridized carbons (Fsp3) is 0.321. The molecule has 22 nitrogen and oxygen atoms in total. The second kappa shape index (κ2) is 72.9. The zero-order chi connectivity index (χ0) is 98.4. The fourth-order valence-electron chi connectivity index (χ4n) is 14.8. The van der Waals surface area contributed by atoms with E-state index in [1.807, 2.05) is 71.9 Å². The number of carboxylic acids is 1. The normalized spacial score (nSPS) is 12.4. The van der Waals surface area contributed by atoms with Crippen molar-refractivity contribution in [3.8, 4) is 0 Å². The molecule has 0 fully saturated rings. The van der Waals surface area contributed by atoms with Crippen molar-refractivity contribution in [1.82, 2.24) is 29.9 Å². The van der Waals surface area contributed by atoms with Gasteiger partial charge >= 0.3 is 66.3 Å². The number of pyridine rings is 6. The monoisotopic (exact) mass is 2350 g/mol. The number of carbonyl (C=O) groups excluding carboxylic acids is 5. The Hall–Kier alpha value is -5.43. The molecule has 12 aromatic rings. The number of esters is 2. The van der Waals surface area contributed by atoms with E-state index in [1.165, 1.54) is 184 Å². The number of thiol groups is 1. The molecule has 18 rings (SSSR count). The molecule has 37 heteroatoms. The zero-order valence-corrected chi connectivity index (χ0v) is 102. The predicted molar refractivity (Wildman–Crippen MR) is 573 cm³/mol. The Balaban J connectivity index is 0.000000549. The molecule has 0 bridgehead atoms. The van der Waals surface area contributed by atoms with Gasteiger partial charge in [-0.25, -0.2) is 51.4 Å². The molecule has 0 unspecified atom stereocenters. The molecule has 5 N–H and O–H groups in total. The summed E-state index contributed by atoms with van der Waals surface area (Å²) in [5.41, 5.74) is 25.2. The molecule has 0 saturated carbocycles. The zero-order valence-electron chi connectivity index (χ0n) is 84.0. The Morgan fingerprint density at radius 1 is 0.413 bits per heavy atom. The molecule has 6 aromatic carbocycles. The molecule has 0 saturated heterocycles. The molecule has 12 heterocycles. The van der Waals surface area contributed by atoms with Crippen LogP contribution in [0.5, 0.6) is 0 Å². The third-order valence-corrected chi connectivity index (χ3v) is 27.4. The van der Waals surface area contributed by atoms with Crippen LogP contribution in [-0.2, 0) is 175 Å². The van der Waals surface area contributed by atoms with Crippen LogP contribution in [0.4, 0.5) is 34.1 Å². The van der Waals surface area contributed by atoms with E-state index >= 15 is 0 Å². The summed E-state index contributed by atoms with van der Waals surface area (Å²) in [6.07, 6.45) is 23.8. The van der Waals surface area contributed by atoms with Gasteiger partial charge in [0.1, 0.15) is 5.03 Å². The maximum absolute atomic E-state index is 12.6. The van der Waals surface area contributed by atoms with Gasteiger partial charge in [-0.1, -0.05) is 209 Å². The molecule has 6 aliphatic heterocycles. The first-order chi connectivity index (χ1) is 66.2. The van der Waals surface area contributed by atoms with Gasteiger partial charge in [0.15, 0.2) is 0 Å². The average molecular weight is 2350 g/mol. The molecule has 143 heavy (non-hydrogen) atoms. The summed E-state index contributed by atoms with van der Waals surface area (Å²) in [4.78, 5) is 98.8. The minimum Gasteiger partial charge on any atom is -1.00 e. The largest absolute Gasteiger partial charge is 1.00 e. The summed E-state index contributed by atoms with van der Waals surface area (Å²) in [6.45, 7) is 22.2. The third kappa shape index (κ3) is 46.5. The van der Waals surface area contributed by atoms with Gasteiger partial charge in [0.05, 0.1) is 73.9 Å². The van der Waals surface area contributed by atoms with Gasteiger partial charge in [-0.2, -0.15) is 29.3 Å². The minimum atomic E-state index is -0.837. The van der Waals surface area contributed by atoms with E-state index in [0.717, 1.165) is 132 Å². The van der Waals surface area contributed by atoms with Crippen LogP contribution in [0.15, 0.2) is 232 Å². The van der Waals surface area contributed by atoms with Crippen LogP contribution in [0, 0.1) is 73.6 Å². The van der Waals surface area contributed by atoms with Crippen molar-refractivity contribution in [2.45, 2.75) is 158 Å². The first-order valence-electron chi connectivity index (χ1n) is 44.9. The molecular formula is C106H119Cl4LiN12NaO10S6Y3-3. The fourth-order valence-corrected chi connectivity index (χ4v) is 18.9. The number of anilines is 6. The number of methoxy groups -OCH3 is 2. The first kappa shape index (κ1) is 132. The third-order valence-electron chi connectivity index (χ3n) is 21.5. The number of aryl methyl sites for hydroxylation is 14. The standard InChI is InChI=1S/2C17H17ClN2OS.C16H15ClN2OS.3C10H13N.C9H10NO2S.C8H8NO2S.C6H5ClN.C3H6O2S.Li.Na.H2O.3Y.H/c1-12-5-2-6-13-7-4-10-20(16(12)13)15(21)11-22-17-14(18)8-3-9-19-17;1-12-4-2-5-13-6-3-9-20(17(12)13)16(21)11-22-15-8-7-14(18)10-19-15;17-13-7-8-15(18-10-13)21-11-16(20)19-9-3-5-12-4-1-2-6-14(12)19;3*1-8-4-2-5-9-6-3-7-11-10(8)9;1-7-3-4-8(10-5-7)13-6-9(11)12-2;1-6-2-3-7(9-4-6)12-5-8(10)11;1-5-2-3-6(7)8-4-5;1-5-3(4)2-6;;;;;;;/h2-3,5-6,8-9H,4,7,10-11H2,1H3;2,4-5,7-8,10H,3,6,9,11H2,1H3;1-2,4,6-8,10H,3,5,9,11H2;3*2,4-5,11H,3,6-7H2,1H3;3,5H,6H2,1-2H3;2,4H,5H2,1H3,(H,10,11);2,4H,1H3;6H,2H2,1H3;;;1H2;;;;/q;;;;;;3*-1;;2*+1;;;;;-1/p-1. The van der Waals surface area contributed by atoms with E-state index in [1.54, 1.807) is 73.6 Å².